The predicted octanol–water partition coefficient (Wildman–Crippen LogP) is 3.91. The highest BCUT2D eigenvalue weighted by Crippen LogP contribution is 2.44. The van der Waals surface area contributed by atoms with Gasteiger partial charge in [0.2, 0.25) is 11.8 Å². The summed E-state index contributed by atoms with van der Waals surface area (Å²) >= 11 is 1.65. The highest BCUT2D eigenvalue weighted by Gasteiger charge is 2.52. The van der Waals surface area contributed by atoms with Gasteiger partial charge in [0.1, 0.15) is 5.66 Å². The summed E-state index contributed by atoms with van der Waals surface area (Å²) in [5.41, 5.74) is 1.20. The monoisotopic (exact) mass is 438 g/mol. The van der Waals surface area contributed by atoms with E-state index >= 15 is 0 Å². The minimum atomic E-state index is -0.685. The first kappa shape index (κ1) is 21.4. The molecule has 0 aliphatic carbocycles. The predicted molar refractivity (Wildman–Crippen MR) is 121 cm³/mol. The summed E-state index contributed by atoms with van der Waals surface area (Å²) in [4.78, 5) is 46.0. The second-order valence-corrected chi connectivity index (χ2v) is 9.17. The van der Waals surface area contributed by atoms with Crippen molar-refractivity contribution in [2.75, 3.05) is 22.5 Å². The van der Waals surface area contributed by atoms with Crippen molar-refractivity contribution in [1.82, 2.24) is 9.88 Å². The van der Waals surface area contributed by atoms with E-state index in [9.17, 15) is 14.4 Å². The summed E-state index contributed by atoms with van der Waals surface area (Å²) in [6.07, 6.45) is 3.44. The molecule has 2 aromatic rings. The second-order valence-electron chi connectivity index (χ2n) is 7.89. The molecule has 7 nitrogen and oxygen atoms in total. The molecule has 8 heteroatoms. The van der Waals surface area contributed by atoms with Crippen LogP contribution in [0.3, 0.4) is 0 Å². The van der Waals surface area contributed by atoms with Gasteiger partial charge in [0, 0.05) is 19.4 Å². The number of nitrogens with one attached hydrogen (secondary N) is 1. The van der Waals surface area contributed by atoms with Gasteiger partial charge in [0.25, 0.3) is 5.91 Å². The smallest absolute Gasteiger partial charge is 0.257 e. The van der Waals surface area contributed by atoms with E-state index in [4.69, 9.17) is 0 Å². The van der Waals surface area contributed by atoms with Gasteiger partial charge in [-0.2, -0.15) is 0 Å². The van der Waals surface area contributed by atoms with Gasteiger partial charge in [0.15, 0.2) is 0 Å². The average molecular weight is 439 g/mol. The number of hydrogen-bond acceptors (Lipinski definition) is 5. The van der Waals surface area contributed by atoms with Crippen LogP contribution in [0.1, 0.15) is 49.9 Å². The summed E-state index contributed by atoms with van der Waals surface area (Å²) in [6, 6.07) is 11.0. The van der Waals surface area contributed by atoms with Gasteiger partial charge in [-0.3, -0.25) is 19.3 Å². The van der Waals surface area contributed by atoms with Gasteiger partial charge in [-0.15, -0.1) is 11.8 Å². The number of pyridine rings is 1. The lowest BCUT2D eigenvalue weighted by atomic mass is 9.98. The Balaban J connectivity index is 1.40. The van der Waals surface area contributed by atoms with Crippen molar-refractivity contribution in [3.63, 3.8) is 0 Å². The van der Waals surface area contributed by atoms with Crippen LogP contribution in [0.15, 0.2) is 47.6 Å². The van der Waals surface area contributed by atoms with E-state index in [1.165, 1.54) is 0 Å². The van der Waals surface area contributed by atoms with Crippen LogP contribution in [0.5, 0.6) is 0 Å². The largest absolute Gasteiger partial charge is 0.325 e. The lowest BCUT2D eigenvalue weighted by Gasteiger charge is -2.48. The molecule has 1 unspecified atom stereocenters. The zero-order valence-electron chi connectivity index (χ0n) is 17.8. The highest BCUT2D eigenvalue weighted by molar-refractivity contribution is 7.99. The number of carbonyl (C=O) groups is 3. The van der Waals surface area contributed by atoms with Crippen molar-refractivity contribution in [2.45, 2.75) is 50.2 Å². The third-order valence-electron chi connectivity index (χ3n) is 5.84. The van der Waals surface area contributed by atoms with E-state index in [0.29, 0.717) is 42.7 Å². The van der Waals surface area contributed by atoms with E-state index in [1.807, 2.05) is 37.3 Å². The van der Waals surface area contributed by atoms with Gasteiger partial charge < -0.3 is 10.2 Å². The number of fused-ring (bicyclic) bond motifs is 3. The Hall–Kier alpha value is -2.87. The molecule has 4 rings (SSSR count). The fourth-order valence-corrected chi connectivity index (χ4v) is 4.94. The molecule has 1 fully saturated rings. The van der Waals surface area contributed by atoms with Crippen LogP contribution in [0.25, 0.3) is 0 Å². The number of rotatable bonds is 7. The van der Waals surface area contributed by atoms with E-state index in [0.717, 1.165) is 10.8 Å². The molecular weight excluding hydrogens is 412 g/mol. The average Bonchev–Trinajstić information content (AvgIpc) is 3.07. The van der Waals surface area contributed by atoms with Gasteiger partial charge in [0.05, 0.1) is 28.2 Å². The molecule has 0 radical (unpaired) electrons. The van der Waals surface area contributed by atoms with Crippen LogP contribution in [-0.4, -0.2) is 45.6 Å². The van der Waals surface area contributed by atoms with Crippen LogP contribution in [-0.2, 0) is 9.59 Å². The Morgan fingerprint density at radius 1 is 1.23 bits per heavy atom. The minimum absolute atomic E-state index is 0.0300. The van der Waals surface area contributed by atoms with E-state index in [1.54, 1.807) is 33.8 Å². The Labute approximate surface area is 186 Å². The number of hydrogen-bond donors (Lipinski definition) is 1. The number of para-hydroxylation sites is 1. The van der Waals surface area contributed by atoms with Crippen molar-refractivity contribution in [3.05, 3.63) is 48.2 Å². The number of benzene rings is 1. The molecule has 0 saturated carbocycles. The lowest BCUT2D eigenvalue weighted by Crippen LogP contribution is -2.62. The van der Waals surface area contributed by atoms with Gasteiger partial charge in [-0.05, 0) is 49.8 Å². The first-order valence-electron chi connectivity index (χ1n) is 10.6. The molecule has 1 saturated heterocycles. The molecule has 3 amide bonds. The van der Waals surface area contributed by atoms with Crippen molar-refractivity contribution >= 4 is 40.9 Å². The molecule has 162 valence electrons. The molecule has 1 aromatic carbocycles. The molecule has 31 heavy (non-hydrogen) atoms. The number of amides is 3. The number of nitrogens with zero attached hydrogens (tertiary/aromatic N) is 3. The Morgan fingerprint density at radius 2 is 2.03 bits per heavy atom. The molecule has 1 N–H and O–H groups in total. The number of anilines is 2. The van der Waals surface area contributed by atoms with Crippen molar-refractivity contribution in [2.24, 2.45) is 0 Å². The summed E-state index contributed by atoms with van der Waals surface area (Å²) < 4.78 is 0. The summed E-state index contributed by atoms with van der Waals surface area (Å²) in [5, 5.41) is 3.78. The van der Waals surface area contributed by atoms with Crippen molar-refractivity contribution in [1.29, 1.82) is 0 Å². The Morgan fingerprint density at radius 3 is 2.77 bits per heavy atom. The summed E-state index contributed by atoms with van der Waals surface area (Å²) in [7, 11) is 0. The van der Waals surface area contributed by atoms with Gasteiger partial charge >= 0.3 is 0 Å². The maximum atomic E-state index is 13.2. The first-order chi connectivity index (χ1) is 14.9. The van der Waals surface area contributed by atoms with Crippen LogP contribution >= 0.6 is 11.8 Å². The normalized spacial score (nSPS) is 19.9. The number of thioether (sulfide) groups is 1. The second kappa shape index (κ2) is 8.70. The fourth-order valence-electron chi connectivity index (χ4n) is 4.35. The summed E-state index contributed by atoms with van der Waals surface area (Å²) in [5.74, 6) is 0.771. The van der Waals surface area contributed by atoms with E-state index in [-0.39, 0.29) is 24.1 Å². The summed E-state index contributed by atoms with van der Waals surface area (Å²) in [6.45, 7) is 4.41. The molecule has 2 aliphatic rings. The van der Waals surface area contributed by atoms with Crippen molar-refractivity contribution < 1.29 is 14.4 Å². The van der Waals surface area contributed by atoms with Crippen molar-refractivity contribution in [3.8, 4) is 0 Å². The van der Waals surface area contributed by atoms with Crippen LogP contribution < -0.4 is 10.2 Å². The third kappa shape index (κ3) is 4.04. The molecule has 3 heterocycles. The standard InChI is InChI=1S/C23H26N4O3S/c1-3-31-20-11-10-16(15-24-20)25-19(28)9-6-14-26-22(30)17-7-4-5-8-18(17)27-21(29)12-13-23(26,27)2/h4-5,7-8,10-11,15H,3,6,9,12-14H2,1-2H3,(H,25,28). The molecule has 1 aromatic heterocycles. The highest BCUT2D eigenvalue weighted by atomic mass is 32.2. The molecular formula is C23H26N4O3S. The maximum absolute atomic E-state index is 13.2. The third-order valence-corrected chi connectivity index (χ3v) is 6.67. The first-order valence-corrected chi connectivity index (χ1v) is 11.6. The zero-order chi connectivity index (χ0) is 22.0. The maximum Gasteiger partial charge on any atom is 0.257 e. The molecule has 2 aliphatic heterocycles. The van der Waals surface area contributed by atoms with Crippen LogP contribution in [0.2, 0.25) is 0 Å². The van der Waals surface area contributed by atoms with Gasteiger partial charge in [-0.25, -0.2) is 4.98 Å². The zero-order valence-corrected chi connectivity index (χ0v) is 18.6. The van der Waals surface area contributed by atoms with Crippen LogP contribution in [0.4, 0.5) is 11.4 Å². The topological polar surface area (TPSA) is 82.6 Å². The molecule has 0 bridgehead atoms. The minimum Gasteiger partial charge on any atom is -0.325 e. The quantitative estimate of drug-likeness (QED) is 0.663. The SMILES string of the molecule is CCSc1ccc(NC(=O)CCCN2C(=O)c3ccccc3N3C(=O)CCC23C)cn1. The van der Waals surface area contributed by atoms with Gasteiger partial charge in [-0.1, -0.05) is 19.1 Å². The van der Waals surface area contributed by atoms with Crippen LogP contribution in [0, 0.1) is 0 Å². The number of carbonyl (C=O) groups excluding carboxylic acids is 3. The number of aromatic nitrogens is 1. The molecule has 1 atom stereocenters. The molecule has 0 spiro atoms. The van der Waals surface area contributed by atoms with E-state index < -0.39 is 5.66 Å². The Kier molecular flexibility index (Phi) is 6.00. The van der Waals surface area contributed by atoms with E-state index in [2.05, 4.69) is 17.2 Å². The lowest BCUT2D eigenvalue weighted by molar-refractivity contribution is -0.118. The Bertz CT molecular complexity index is 1010. The fraction of sp³-hybridized carbons (Fsp3) is 0.391.